The Morgan fingerprint density at radius 1 is 1.24 bits per heavy atom. The van der Waals surface area contributed by atoms with Crippen LogP contribution in [0.4, 0.5) is 5.13 Å². The average Bonchev–Trinajstić information content (AvgIpc) is 3.17. The predicted octanol–water partition coefficient (Wildman–Crippen LogP) is 4.32. The van der Waals surface area contributed by atoms with Crippen LogP contribution in [0, 0.1) is 0 Å². The van der Waals surface area contributed by atoms with E-state index in [4.69, 9.17) is 0 Å². The van der Waals surface area contributed by atoms with Gasteiger partial charge in [0.25, 0.3) is 0 Å². The first-order chi connectivity index (χ1) is 10.3. The van der Waals surface area contributed by atoms with Gasteiger partial charge in [-0.1, -0.05) is 41.7 Å². The van der Waals surface area contributed by atoms with Gasteiger partial charge < -0.3 is 4.90 Å². The summed E-state index contributed by atoms with van der Waals surface area (Å²) in [7, 11) is 2.00. The molecule has 0 aliphatic rings. The molecule has 0 aliphatic carbocycles. The number of aldehydes is 1. The Morgan fingerprint density at radius 3 is 2.71 bits per heavy atom. The molecule has 21 heavy (non-hydrogen) atoms. The second kappa shape index (κ2) is 6.20. The van der Waals surface area contributed by atoms with Crippen LogP contribution in [0.2, 0.25) is 0 Å². The smallest absolute Gasteiger partial charge is 0.186 e. The molecule has 0 radical (unpaired) electrons. The lowest BCUT2D eigenvalue weighted by Gasteiger charge is -2.14. The van der Waals surface area contributed by atoms with Crippen LogP contribution in [0.25, 0.3) is 11.3 Å². The Morgan fingerprint density at radius 2 is 2.05 bits per heavy atom. The zero-order chi connectivity index (χ0) is 14.7. The molecule has 0 bridgehead atoms. The van der Waals surface area contributed by atoms with E-state index >= 15 is 0 Å². The molecule has 3 nitrogen and oxygen atoms in total. The highest BCUT2D eigenvalue weighted by molar-refractivity contribution is 7.17. The molecule has 2 heterocycles. The lowest BCUT2D eigenvalue weighted by atomic mass is 10.1. The highest BCUT2D eigenvalue weighted by atomic mass is 32.1. The average molecular weight is 314 g/mol. The maximum atomic E-state index is 11.3. The van der Waals surface area contributed by atoms with Crippen LogP contribution in [0.3, 0.4) is 0 Å². The lowest BCUT2D eigenvalue weighted by Crippen LogP contribution is -2.15. The van der Waals surface area contributed by atoms with Crippen LogP contribution in [0.5, 0.6) is 0 Å². The first-order valence-corrected chi connectivity index (χ1v) is 8.27. The van der Waals surface area contributed by atoms with Gasteiger partial charge in [-0.25, -0.2) is 4.98 Å². The summed E-state index contributed by atoms with van der Waals surface area (Å²) < 4.78 is 0. The highest BCUT2D eigenvalue weighted by Crippen LogP contribution is 2.32. The number of benzene rings is 1. The lowest BCUT2D eigenvalue weighted by molar-refractivity contribution is 0.112. The third-order valence-corrected chi connectivity index (χ3v) is 4.95. The second-order valence-electron chi connectivity index (χ2n) is 4.68. The number of hydrogen-bond acceptors (Lipinski definition) is 5. The van der Waals surface area contributed by atoms with Gasteiger partial charge in [0, 0.05) is 19.2 Å². The molecule has 3 rings (SSSR count). The number of rotatable bonds is 5. The molecular weight excluding hydrogens is 300 g/mol. The summed E-state index contributed by atoms with van der Waals surface area (Å²) in [6, 6.07) is 11.9. The molecule has 106 valence electrons. The molecule has 0 N–H and O–H groups in total. The number of anilines is 1. The number of aromatic nitrogens is 1. The fourth-order valence-electron chi connectivity index (χ4n) is 2.09. The number of carbonyl (C=O) groups excluding carboxylic acids is 1. The molecule has 0 aliphatic heterocycles. The Labute approximate surface area is 131 Å². The summed E-state index contributed by atoms with van der Waals surface area (Å²) in [5, 5.41) is 5.06. The van der Waals surface area contributed by atoms with Crippen LogP contribution in [-0.2, 0) is 6.54 Å². The quantitative estimate of drug-likeness (QED) is 0.658. The number of thiazole rings is 1. The van der Waals surface area contributed by atoms with Crippen molar-refractivity contribution < 1.29 is 4.79 Å². The van der Waals surface area contributed by atoms with Crippen molar-refractivity contribution in [2.45, 2.75) is 6.54 Å². The van der Waals surface area contributed by atoms with Crippen molar-refractivity contribution in [3.63, 3.8) is 0 Å². The fourth-order valence-corrected chi connectivity index (χ4v) is 3.61. The first kappa shape index (κ1) is 14.0. The molecule has 1 aromatic carbocycles. The molecule has 0 fully saturated rings. The van der Waals surface area contributed by atoms with Gasteiger partial charge in [0.15, 0.2) is 11.4 Å². The Hall–Kier alpha value is -1.98. The van der Waals surface area contributed by atoms with Gasteiger partial charge in [0.1, 0.15) is 0 Å². The van der Waals surface area contributed by atoms with E-state index < -0.39 is 0 Å². The third-order valence-electron chi connectivity index (χ3n) is 3.12. The summed E-state index contributed by atoms with van der Waals surface area (Å²) in [4.78, 5) is 18.7. The van der Waals surface area contributed by atoms with E-state index in [9.17, 15) is 4.79 Å². The molecule has 0 unspecified atom stereocenters. The van der Waals surface area contributed by atoms with Gasteiger partial charge in [-0.3, -0.25) is 4.79 Å². The molecule has 0 atom stereocenters. The fraction of sp³-hybridized carbons (Fsp3) is 0.125. The van der Waals surface area contributed by atoms with Crippen molar-refractivity contribution in [2.24, 2.45) is 0 Å². The third kappa shape index (κ3) is 3.04. The minimum absolute atomic E-state index is 0.674. The van der Waals surface area contributed by atoms with Gasteiger partial charge in [0.05, 0.1) is 10.6 Å². The standard InChI is InChI=1S/C16H14N2OS2/c1-18(9-12-7-8-20-11-12)16-17-15(14(10-19)21-16)13-5-3-2-4-6-13/h2-8,10-11H,9H2,1H3. The van der Waals surface area contributed by atoms with Crippen LogP contribution >= 0.6 is 22.7 Å². The maximum absolute atomic E-state index is 11.3. The molecular formula is C16H14N2OS2. The molecule has 0 spiro atoms. The van der Waals surface area contributed by atoms with Gasteiger partial charge >= 0.3 is 0 Å². The predicted molar refractivity (Wildman–Crippen MR) is 89.4 cm³/mol. The summed E-state index contributed by atoms with van der Waals surface area (Å²) in [6.07, 6.45) is 0.891. The molecule has 5 heteroatoms. The SMILES string of the molecule is CN(Cc1ccsc1)c1nc(-c2ccccc2)c(C=O)s1. The van der Waals surface area contributed by atoms with E-state index in [0.29, 0.717) is 4.88 Å². The highest BCUT2D eigenvalue weighted by Gasteiger charge is 2.15. The van der Waals surface area contributed by atoms with Gasteiger partial charge in [-0.05, 0) is 22.4 Å². The van der Waals surface area contributed by atoms with Crippen molar-refractivity contribution in [3.8, 4) is 11.3 Å². The largest absolute Gasteiger partial charge is 0.347 e. The molecule has 0 saturated heterocycles. The monoisotopic (exact) mass is 314 g/mol. The molecule has 3 aromatic rings. The van der Waals surface area contributed by atoms with Crippen LogP contribution < -0.4 is 4.90 Å². The summed E-state index contributed by atoms with van der Waals surface area (Å²) in [5.74, 6) is 0. The number of thiophene rings is 1. The van der Waals surface area contributed by atoms with Gasteiger partial charge in [-0.2, -0.15) is 11.3 Å². The summed E-state index contributed by atoms with van der Waals surface area (Å²) >= 11 is 3.12. The van der Waals surface area contributed by atoms with Crippen molar-refractivity contribution >= 4 is 34.1 Å². The van der Waals surface area contributed by atoms with E-state index in [-0.39, 0.29) is 0 Å². The molecule has 2 aromatic heterocycles. The Kier molecular flexibility index (Phi) is 4.13. The zero-order valence-corrected chi connectivity index (χ0v) is 13.2. The van der Waals surface area contributed by atoms with Crippen molar-refractivity contribution in [1.29, 1.82) is 0 Å². The summed E-state index contributed by atoms with van der Waals surface area (Å²) in [6.45, 7) is 0.795. The van der Waals surface area contributed by atoms with E-state index in [1.807, 2.05) is 37.4 Å². The van der Waals surface area contributed by atoms with Crippen LogP contribution in [-0.4, -0.2) is 18.3 Å². The topological polar surface area (TPSA) is 33.2 Å². The van der Waals surface area contributed by atoms with Crippen molar-refractivity contribution in [1.82, 2.24) is 4.98 Å². The minimum Gasteiger partial charge on any atom is -0.347 e. The van der Waals surface area contributed by atoms with Gasteiger partial charge in [-0.15, -0.1) is 0 Å². The normalized spacial score (nSPS) is 10.5. The van der Waals surface area contributed by atoms with Crippen molar-refractivity contribution in [2.75, 3.05) is 11.9 Å². The summed E-state index contributed by atoms with van der Waals surface area (Å²) in [5.41, 5.74) is 3.00. The number of nitrogens with zero attached hydrogens (tertiary/aromatic N) is 2. The van der Waals surface area contributed by atoms with Crippen LogP contribution in [0.1, 0.15) is 15.2 Å². The zero-order valence-electron chi connectivity index (χ0n) is 11.5. The maximum Gasteiger partial charge on any atom is 0.186 e. The minimum atomic E-state index is 0.674. The number of hydrogen-bond donors (Lipinski definition) is 0. The Bertz CT molecular complexity index is 720. The van der Waals surface area contributed by atoms with E-state index in [0.717, 1.165) is 29.2 Å². The van der Waals surface area contributed by atoms with E-state index in [1.165, 1.54) is 16.9 Å². The first-order valence-electron chi connectivity index (χ1n) is 6.51. The van der Waals surface area contributed by atoms with Crippen LogP contribution in [0.15, 0.2) is 47.2 Å². The number of carbonyl (C=O) groups is 1. The van der Waals surface area contributed by atoms with E-state index in [2.05, 4.69) is 26.7 Å². The van der Waals surface area contributed by atoms with Gasteiger partial charge in [0.2, 0.25) is 0 Å². The van der Waals surface area contributed by atoms with Crippen molar-refractivity contribution in [3.05, 3.63) is 57.6 Å². The van der Waals surface area contributed by atoms with E-state index in [1.54, 1.807) is 11.3 Å². The second-order valence-corrected chi connectivity index (χ2v) is 6.47. The Balaban J connectivity index is 1.90. The molecule has 0 saturated carbocycles. The molecule has 0 amide bonds.